The fourth-order valence-electron chi connectivity index (χ4n) is 3.71. The van der Waals surface area contributed by atoms with Gasteiger partial charge in [0.1, 0.15) is 5.75 Å². The molecule has 164 valence electrons. The molecule has 0 amide bonds. The molecular formula is C27H18Br2ClNOS. The van der Waals surface area contributed by atoms with Crippen LogP contribution in [0.3, 0.4) is 0 Å². The van der Waals surface area contributed by atoms with Gasteiger partial charge in [0, 0.05) is 18.9 Å². The van der Waals surface area contributed by atoms with Crippen LogP contribution >= 0.6 is 55.2 Å². The van der Waals surface area contributed by atoms with Crippen molar-refractivity contribution >= 4 is 66.6 Å². The van der Waals surface area contributed by atoms with Gasteiger partial charge in [-0.05, 0) is 71.8 Å². The summed E-state index contributed by atoms with van der Waals surface area (Å²) in [5, 5.41) is 0.682. The number of aliphatic imine (C=N–C) groups is 1. The molecule has 0 bridgehead atoms. The Hall–Kier alpha value is -2.05. The highest BCUT2D eigenvalue weighted by Gasteiger charge is 2.34. The minimum absolute atomic E-state index is 0.0306. The van der Waals surface area contributed by atoms with Gasteiger partial charge in [0.15, 0.2) is 6.10 Å². The maximum atomic E-state index is 6.70. The largest absolute Gasteiger partial charge is 0.483 e. The van der Waals surface area contributed by atoms with Crippen molar-refractivity contribution in [2.24, 2.45) is 4.99 Å². The Bertz CT molecular complexity index is 1290. The summed E-state index contributed by atoms with van der Waals surface area (Å²) >= 11 is 15.0. The van der Waals surface area contributed by atoms with E-state index in [9.17, 15) is 0 Å². The van der Waals surface area contributed by atoms with E-state index >= 15 is 0 Å². The third-order valence-corrected chi connectivity index (χ3v) is 8.00. The Kier molecular flexibility index (Phi) is 6.93. The Labute approximate surface area is 219 Å². The zero-order valence-electron chi connectivity index (χ0n) is 17.3. The highest BCUT2D eigenvalue weighted by molar-refractivity contribution is 9.10. The number of hydrogen-bond donors (Lipinski definition) is 0. The number of fused-ring (bicyclic) bond motifs is 1. The van der Waals surface area contributed by atoms with E-state index in [0.717, 1.165) is 42.1 Å². The summed E-state index contributed by atoms with van der Waals surface area (Å²) in [7, 11) is 0. The van der Waals surface area contributed by atoms with Gasteiger partial charge in [-0.15, -0.1) is 11.8 Å². The summed E-state index contributed by atoms with van der Waals surface area (Å²) in [6.07, 6.45) is -0.328. The van der Waals surface area contributed by atoms with Gasteiger partial charge in [0.25, 0.3) is 0 Å². The van der Waals surface area contributed by atoms with Gasteiger partial charge in [-0.1, -0.05) is 79.9 Å². The van der Waals surface area contributed by atoms with E-state index in [4.69, 9.17) is 21.3 Å². The maximum absolute atomic E-state index is 6.70. The molecule has 0 saturated carbocycles. The highest BCUT2D eigenvalue weighted by Crippen LogP contribution is 2.47. The van der Waals surface area contributed by atoms with Crippen LogP contribution in [0.1, 0.15) is 16.4 Å². The van der Waals surface area contributed by atoms with Gasteiger partial charge in [0.2, 0.25) is 0 Å². The molecule has 0 N–H and O–H groups in total. The molecule has 0 unspecified atom stereocenters. The summed E-state index contributed by atoms with van der Waals surface area (Å²) in [5.41, 5.74) is 3.99. The van der Waals surface area contributed by atoms with Crippen molar-refractivity contribution in [3.63, 3.8) is 0 Å². The molecule has 0 aromatic heterocycles. The van der Waals surface area contributed by atoms with E-state index in [0.29, 0.717) is 5.02 Å². The second kappa shape index (κ2) is 10.1. The van der Waals surface area contributed by atoms with Crippen LogP contribution in [-0.4, -0.2) is 11.8 Å². The molecule has 1 heterocycles. The molecule has 33 heavy (non-hydrogen) atoms. The summed E-state index contributed by atoms with van der Waals surface area (Å²) < 4.78 is 8.73. The Morgan fingerprint density at radius 1 is 0.758 bits per heavy atom. The van der Waals surface area contributed by atoms with Gasteiger partial charge in [0.05, 0.1) is 16.6 Å². The second-order valence-electron chi connectivity index (χ2n) is 7.55. The van der Waals surface area contributed by atoms with Crippen LogP contribution in [0.4, 0.5) is 5.69 Å². The maximum Gasteiger partial charge on any atom is 0.157 e. The monoisotopic (exact) mass is 597 g/mol. The summed E-state index contributed by atoms with van der Waals surface area (Å²) in [4.78, 5) is 6.27. The standard InChI is InChI=1S/C27H18Br2ClNOS/c28-19-9-5-17(6-10-19)25-26(32-22-15-11-20(29)12-16-22)27(18-7-13-21(30)14-8-18)33-24-4-2-1-3-23(24)31-25/h1-16,26-27H/t26-,27-/m1/s1. The number of halogens is 3. The lowest BCUT2D eigenvalue weighted by Gasteiger charge is -2.28. The van der Waals surface area contributed by atoms with Crippen molar-refractivity contribution in [3.05, 3.63) is 122 Å². The van der Waals surface area contributed by atoms with Crippen molar-refractivity contribution in [1.82, 2.24) is 0 Å². The van der Waals surface area contributed by atoms with Crippen molar-refractivity contribution in [3.8, 4) is 5.75 Å². The Balaban J connectivity index is 1.68. The first-order valence-corrected chi connectivity index (χ1v) is 13.2. The summed E-state index contributed by atoms with van der Waals surface area (Å²) in [6, 6.07) is 32.4. The van der Waals surface area contributed by atoms with E-state index in [1.165, 1.54) is 0 Å². The number of nitrogens with zero attached hydrogens (tertiary/aromatic N) is 1. The molecule has 1 aliphatic heterocycles. The quantitative estimate of drug-likeness (QED) is 0.233. The van der Waals surface area contributed by atoms with Crippen molar-refractivity contribution in [2.75, 3.05) is 0 Å². The first-order valence-electron chi connectivity index (χ1n) is 10.3. The van der Waals surface area contributed by atoms with Crippen LogP contribution in [0.15, 0.2) is 116 Å². The third-order valence-electron chi connectivity index (χ3n) is 5.32. The van der Waals surface area contributed by atoms with Crippen LogP contribution in [0, 0.1) is 0 Å². The SMILES string of the molecule is Clc1ccc([C@H]2Sc3ccccc3N=C(c3ccc(Br)cc3)[C@H]2Oc2ccc(Br)cc2)cc1. The fraction of sp³-hybridized carbons (Fsp3) is 0.0741. The van der Waals surface area contributed by atoms with Crippen LogP contribution in [0.25, 0.3) is 0 Å². The van der Waals surface area contributed by atoms with Crippen LogP contribution in [0.5, 0.6) is 5.75 Å². The van der Waals surface area contributed by atoms with Crippen molar-refractivity contribution in [2.45, 2.75) is 16.2 Å². The molecule has 0 fully saturated rings. The first kappa shape index (κ1) is 22.7. The summed E-state index contributed by atoms with van der Waals surface area (Å²) in [6.45, 7) is 0. The zero-order valence-corrected chi connectivity index (χ0v) is 22.0. The van der Waals surface area contributed by atoms with Gasteiger partial charge >= 0.3 is 0 Å². The van der Waals surface area contributed by atoms with E-state index in [1.807, 2.05) is 54.6 Å². The van der Waals surface area contributed by atoms with Crippen molar-refractivity contribution in [1.29, 1.82) is 0 Å². The Morgan fingerprint density at radius 3 is 2.09 bits per heavy atom. The van der Waals surface area contributed by atoms with Gasteiger partial charge < -0.3 is 4.74 Å². The normalized spacial score (nSPS) is 17.6. The molecule has 0 spiro atoms. The first-order chi connectivity index (χ1) is 16.1. The number of para-hydroxylation sites is 1. The molecular weight excluding hydrogens is 582 g/mol. The van der Waals surface area contributed by atoms with Gasteiger partial charge in [-0.25, -0.2) is 4.99 Å². The number of ether oxygens (including phenoxy) is 1. The zero-order chi connectivity index (χ0) is 22.8. The average Bonchev–Trinajstić information content (AvgIpc) is 2.99. The summed E-state index contributed by atoms with van der Waals surface area (Å²) in [5.74, 6) is 0.790. The molecule has 6 heteroatoms. The molecule has 2 atom stereocenters. The van der Waals surface area contributed by atoms with E-state index in [1.54, 1.807) is 11.8 Å². The molecule has 0 radical (unpaired) electrons. The Morgan fingerprint density at radius 2 is 1.39 bits per heavy atom. The number of benzene rings is 4. The predicted octanol–water partition coefficient (Wildman–Crippen LogP) is 9.28. The van der Waals surface area contributed by atoms with E-state index in [-0.39, 0.29) is 11.4 Å². The van der Waals surface area contributed by atoms with Crippen LogP contribution in [-0.2, 0) is 0 Å². The minimum Gasteiger partial charge on any atom is -0.483 e. The topological polar surface area (TPSA) is 21.6 Å². The molecule has 2 nitrogen and oxygen atoms in total. The fourth-order valence-corrected chi connectivity index (χ4v) is 5.63. The molecule has 0 aliphatic carbocycles. The number of thioether (sulfide) groups is 1. The van der Waals surface area contributed by atoms with Crippen LogP contribution in [0.2, 0.25) is 5.02 Å². The molecule has 5 rings (SSSR count). The lowest BCUT2D eigenvalue weighted by molar-refractivity contribution is 0.265. The second-order valence-corrected chi connectivity index (χ2v) is 11.0. The minimum atomic E-state index is -0.328. The average molecular weight is 600 g/mol. The van der Waals surface area contributed by atoms with Gasteiger partial charge in [-0.2, -0.15) is 0 Å². The van der Waals surface area contributed by atoms with Crippen molar-refractivity contribution < 1.29 is 4.74 Å². The molecule has 1 aliphatic rings. The third kappa shape index (κ3) is 5.22. The molecule has 0 saturated heterocycles. The molecule has 4 aromatic rings. The highest BCUT2D eigenvalue weighted by atomic mass is 79.9. The number of rotatable bonds is 4. The van der Waals surface area contributed by atoms with E-state index < -0.39 is 0 Å². The lowest BCUT2D eigenvalue weighted by Crippen LogP contribution is -2.33. The lowest BCUT2D eigenvalue weighted by atomic mass is 9.98. The van der Waals surface area contributed by atoms with Crippen LogP contribution < -0.4 is 4.74 Å². The smallest absolute Gasteiger partial charge is 0.157 e. The van der Waals surface area contributed by atoms with Gasteiger partial charge in [-0.3, -0.25) is 0 Å². The number of hydrogen-bond acceptors (Lipinski definition) is 3. The predicted molar refractivity (Wildman–Crippen MR) is 145 cm³/mol. The van der Waals surface area contributed by atoms with E-state index in [2.05, 4.69) is 74.3 Å². The molecule has 4 aromatic carbocycles.